The van der Waals surface area contributed by atoms with Gasteiger partial charge in [0.05, 0.1) is 0 Å². The summed E-state index contributed by atoms with van der Waals surface area (Å²) in [6.07, 6.45) is 5.28. The van der Waals surface area contributed by atoms with Crippen molar-refractivity contribution in [1.29, 1.82) is 0 Å². The van der Waals surface area contributed by atoms with Crippen LogP contribution in [0.25, 0.3) is 0 Å². The van der Waals surface area contributed by atoms with Gasteiger partial charge in [-0.3, -0.25) is 0 Å². The Morgan fingerprint density at radius 1 is 1.10 bits per heavy atom. The Bertz CT molecular complexity index is 62.4. The van der Waals surface area contributed by atoms with Crippen molar-refractivity contribution in [2.24, 2.45) is 5.92 Å². The molecule has 0 atom stereocenters. The maximum atomic E-state index is 2.31. The first-order chi connectivity index (χ1) is 4.76. The van der Waals surface area contributed by atoms with Crippen LogP contribution in [0.3, 0.4) is 0 Å². The van der Waals surface area contributed by atoms with Gasteiger partial charge < -0.3 is 0 Å². The third-order valence-corrected chi connectivity index (χ3v) is 2.33. The topological polar surface area (TPSA) is 0 Å². The molecular weight excluding hydrogens is 120 g/mol. The predicted octanol–water partition coefficient (Wildman–Crippen LogP) is 3.82. The van der Waals surface area contributed by atoms with Crippen LogP contribution in [0.15, 0.2) is 0 Å². The lowest BCUT2D eigenvalue weighted by Crippen LogP contribution is -2.06. The minimum atomic E-state index is 0.889. The smallest absolute Gasteiger partial charge is 0.0241 e. The summed E-state index contributed by atoms with van der Waals surface area (Å²) in [5.41, 5.74) is 0. The minimum absolute atomic E-state index is 0.889. The molecule has 0 aliphatic carbocycles. The van der Waals surface area contributed by atoms with Gasteiger partial charge in [0.1, 0.15) is 0 Å². The van der Waals surface area contributed by atoms with Gasteiger partial charge in [-0.2, -0.15) is 0 Å². The first kappa shape index (κ1) is 10.0. The molecular formula is C10H21. The zero-order valence-electron chi connectivity index (χ0n) is 7.91. The molecule has 0 aromatic carbocycles. The van der Waals surface area contributed by atoms with Gasteiger partial charge >= 0.3 is 0 Å². The molecule has 0 bridgehead atoms. The first-order valence-corrected chi connectivity index (χ1v) is 4.58. The van der Waals surface area contributed by atoms with Crippen molar-refractivity contribution in [1.82, 2.24) is 0 Å². The molecule has 0 fully saturated rings. The van der Waals surface area contributed by atoms with Crippen molar-refractivity contribution in [3.05, 3.63) is 5.92 Å². The van der Waals surface area contributed by atoms with Crippen LogP contribution in [0.4, 0.5) is 0 Å². The van der Waals surface area contributed by atoms with E-state index in [-0.39, 0.29) is 0 Å². The first-order valence-electron chi connectivity index (χ1n) is 4.58. The standard InChI is InChI=1S/C10H21/c1-5-8-9(4)10(6-2)7-3/h10H,5-8H2,1-4H3. The number of hydrogen-bond donors (Lipinski definition) is 0. The Morgan fingerprint density at radius 3 is 1.90 bits per heavy atom. The lowest BCUT2D eigenvalue weighted by molar-refractivity contribution is 0.479. The Balaban J connectivity index is 3.53. The summed E-state index contributed by atoms with van der Waals surface area (Å²) in [6.45, 7) is 9.13. The average molecular weight is 141 g/mol. The lowest BCUT2D eigenvalue weighted by Gasteiger charge is -2.19. The van der Waals surface area contributed by atoms with Crippen LogP contribution in [0.5, 0.6) is 0 Å². The van der Waals surface area contributed by atoms with Gasteiger partial charge in [0.2, 0.25) is 0 Å². The molecule has 0 aromatic heterocycles. The zero-order chi connectivity index (χ0) is 7.98. The molecule has 0 spiro atoms. The Kier molecular flexibility index (Phi) is 5.76. The average Bonchev–Trinajstić information content (AvgIpc) is 1.91. The van der Waals surface area contributed by atoms with Crippen molar-refractivity contribution in [2.45, 2.75) is 53.4 Å². The van der Waals surface area contributed by atoms with Crippen molar-refractivity contribution in [2.75, 3.05) is 0 Å². The molecule has 61 valence electrons. The van der Waals surface area contributed by atoms with E-state index < -0.39 is 0 Å². The molecule has 0 nitrogen and oxygen atoms in total. The third-order valence-electron chi connectivity index (χ3n) is 2.33. The highest BCUT2D eigenvalue weighted by atomic mass is 14.2. The van der Waals surface area contributed by atoms with E-state index in [1.54, 1.807) is 5.92 Å². The molecule has 0 aliphatic rings. The zero-order valence-corrected chi connectivity index (χ0v) is 7.91. The van der Waals surface area contributed by atoms with E-state index in [1.807, 2.05) is 0 Å². The van der Waals surface area contributed by atoms with Crippen molar-refractivity contribution in [3.63, 3.8) is 0 Å². The van der Waals surface area contributed by atoms with E-state index in [9.17, 15) is 0 Å². The second kappa shape index (κ2) is 5.76. The largest absolute Gasteiger partial charge is 0.0654 e. The summed E-state index contributed by atoms with van der Waals surface area (Å²) in [5.74, 6) is 2.59. The maximum absolute atomic E-state index is 2.31. The molecule has 0 N–H and O–H groups in total. The van der Waals surface area contributed by atoms with E-state index in [1.165, 1.54) is 25.7 Å². The van der Waals surface area contributed by atoms with Crippen LogP contribution in [0, 0.1) is 11.8 Å². The summed E-state index contributed by atoms with van der Waals surface area (Å²) in [4.78, 5) is 0. The molecule has 1 radical (unpaired) electrons. The predicted molar refractivity (Wildman–Crippen MR) is 47.9 cm³/mol. The van der Waals surface area contributed by atoms with Gasteiger partial charge in [0.15, 0.2) is 0 Å². The Labute approximate surface area is 66.0 Å². The number of rotatable bonds is 5. The van der Waals surface area contributed by atoms with E-state index in [0.29, 0.717) is 0 Å². The van der Waals surface area contributed by atoms with Gasteiger partial charge in [0, 0.05) is 0 Å². The summed E-state index contributed by atoms with van der Waals surface area (Å²) in [7, 11) is 0. The number of hydrogen-bond acceptors (Lipinski definition) is 0. The second-order valence-electron chi connectivity index (χ2n) is 3.11. The van der Waals surface area contributed by atoms with Crippen molar-refractivity contribution >= 4 is 0 Å². The molecule has 0 rings (SSSR count). The van der Waals surface area contributed by atoms with Crippen LogP contribution in [0.2, 0.25) is 0 Å². The molecule has 0 heterocycles. The SMILES string of the molecule is CCC[C](C)C(CC)CC. The van der Waals surface area contributed by atoms with Gasteiger partial charge in [-0.15, -0.1) is 0 Å². The molecule has 0 aromatic rings. The highest BCUT2D eigenvalue weighted by molar-refractivity contribution is 4.89. The Hall–Kier alpha value is 0. The fourth-order valence-corrected chi connectivity index (χ4v) is 1.58. The van der Waals surface area contributed by atoms with Crippen LogP contribution < -0.4 is 0 Å². The Morgan fingerprint density at radius 2 is 1.60 bits per heavy atom. The molecule has 0 heteroatoms. The van der Waals surface area contributed by atoms with Gasteiger partial charge in [0.25, 0.3) is 0 Å². The summed E-state index contributed by atoms with van der Waals surface area (Å²) < 4.78 is 0. The van der Waals surface area contributed by atoms with Crippen LogP contribution >= 0.6 is 0 Å². The highest BCUT2D eigenvalue weighted by Crippen LogP contribution is 2.24. The molecule has 0 amide bonds. The minimum Gasteiger partial charge on any atom is -0.0654 e. The molecule has 10 heavy (non-hydrogen) atoms. The van der Waals surface area contributed by atoms with Crippen LogP contribution in [0.1, 0.15) is 53.4 Å². The monoisotopic (exact) mass is 141 g/mol. The lowest BCUT2D eigenvalue weighted by atomic mass is 9.86. The van der Waals surface area contributed by atoms with E-state index in [2.05, 4.69) is 27.7 Å². The second-order valence-corrected chi connectivity index (χ2v) is 3.11. The van der Waals surface area contributed by atoms with E-state index in [4.69, 9.17) is 0 Å². The molecule has 0 aliphatic heterocycles. The van der Waals surface area contributed by atoms with Crippen LogP contribution in [-0.4, -0.2) is 0 Å². The van der Waals surface area contributed by atoms with Gasteiger partial charge in [-0.05, 0) is 18.3 Å². The quantitative estimate of drug-likeness (QED) is 0.546. The normalized spacial score (nSPS) is 11.4. The third kappa shape index (κ3) is 3.24. The van der Waals surface area contributed by atoms with Crippen molar-refractivity contribution < 1.29 is 0 Å². The van der Waals surface area contributed by atoms with Gasteiger partial charge in [-0.1, -0.05) is 47.0 Å². The molecule has 0 unspecified atom stereocenters. The maximum Gasteiger partial charge on any atom is -0.0241 e. The summed E-state index contributed by atoms with van der Waals surface area (Å²) in [5, 5.41) is 0. The molecule has 0 saturated heterocycles. The fraction of sp³-hybridized carbons (Fsp3) is 0.900. The van der Waals surface area contributed by atoms with E-state index in [0.717, 1.165) is 5.92 Å². The summed E-state index contributed by atoms with van der Waals surface area (Å²) in [6, 6.07) is 0. The van der Waals surface area contributed by atoms with Crippen molar-refractivity contribution in [3.8, 4) is 0 Å². The van der Waals surface area contributed by atoms with Crippen LogP contribution in [-0.2, 0) is 0 Å². The molecule has 0 saturated carbocycles. The fourth-order valence-electron chi connectivity index (χ4n) is 1.58. The van der Waals surface area contributed by atoms with E-state index >= 15 is 0 Å². The highest BCUT2D eigenvalue weighted by Gasteiger charge is 2.11. The summed E-state index contributed by atoms with van der Waals surface area (Å²) >= 11 is 0. The van der Waals surface area contributed by atoms with Gasteiger partial charge in [-0.25, -0.2) is 0 Å².